The molecule has 1 unspecified atom stereocenters. The van der Waals surface area contributed by atoms with Gasteiger partial charge in [-0.2, -0.15) is 0 Å². The van der Waals surface area contributed by atoms with Crippen molar-refractivity contribution in [1.82, 2.24) is 10.3 Å². The first kappa shape index (κ1) is 17.0. The van der Waals surface area contributed by atoms with Crippen LogP contribution in [-0.4, -0.2) is 24.0 Å². The van der Waals surface area contributed by atoms with Crippen molar-refractivity contribution in [3.05, 3.63) is 60.3 Å². The van der Waals surface area contributed by atoms with Gasteiger partial charge >= 0.3 is 0 Å². The topological polar surface area (TPSA) is 80.0 Å². The molecule has 122 valence electrons. The summed E-state index contributed by atoms with van der Waals surface area (Å²) >= 11 is 0. The number of carbonyl (C=O) groups is 1. The Bertz CT molecular complexity index is 599. The molecular formula is C18H24N4O. The second-order valence-corrected chi connectivity index (χ2v) is 5.67. The highest BCUT2D eigenvalue weighted by Crippen LogP contribution is 2.17. The maximum absolute atomic E-state index is 12.3. The van der Waals surface area contributed by atoms with Crippen LogP contribution >= 0.6 is 0 Å². The van der Waals surface area contributed by atoms with Crippen molar-refractivity contribution in [2.24, 2.45) is 5.73 Å². The predicted molar refractivity (Wildman–Crippen MR) is 93.0 cm³/mol. The molecule has 23 heavy (non-hydrogen) atoms. The fourth-order valence-corrected chi connectivity index (χ4v) is 2.23. The Morgan fingerprint density at radius 1 is 1.09 bits per heavy atom. The van der Waals surface area contributed by atoms with Crippen molar-refractivity contribution < 1.29 is 4.79 Å². The summed E-state index contributed by atoms with van der Waals surface area (Å²) in [6.07, 6.45) is 3.59. The normalized spacial score (nSPS) is 13.1. The van der Waals surface area contributed by atoms with Crippen molar-refractivity contribution in [3.8, 4) is 0 Å². The Balaban J connectivity index is 1.67. The summed E-state index contributed by atoms with van der Waals surface area (Å²) in [5, 5.41) is 6.15. The lowest BCUT2D eigenvalue weighted by atomic mass is 9.92. The molecule has 5 heteroatoms. The zero-order valence-electron chi connectivity index (χ0n) is 13.5. The number of benzene rings is 1. The van der Waals surface area contributed by atoms with Crippen molar-refractivity contribution in [3.63, 3.8) is 0 Å². The van der Waals surface area contributed by atoms with E-state index in [1.54, 1.807) is 13.1 Å². The molecule has 0 aliphatic heterocycles. The van der Waals surface area contributed by atoms with Gasteiger partial charge in [0.1, 0.15) is 11.4 Å². The van der Waals surface area contributed by atoms with Crippen LogP contribution in [-0.2, 0) is 10.3 Å². The number of aromatic nitrogens is 1. The molecule has 2 aromatic rings. The largest absolute Gasteiger partial charge is 0.370 e. The molecule has 4 N–H and O–H groups in total. The number of unbranched alkanes of at least 4 members (excludes halogenated alkanes) is 1. The molecular weight excluding hydrogens is 288 g/mol. The van der Waals surface area contributed by atoms with Gasteiger partial charge in [0.2, 0.25) is 5.91 Å². The summed E-state index contributed by atoms with van der Waals surface area (Å²) in [6, 6.07) is 15.2. The molecule has 1 aromatic carbocycles. The Morgan fingerprint density at radius 3 is 2.48 bits per heavy atom. The average molecular weight is 312 g/mol. The first-order chi connectivity index (χ1) is 11.1. The third-order valence-corrected chi connectivity index (χ3v) is 3.71. The second-order valence-electron chi connectivity index (χ2n) is 5.67. The van der Waals surface area contributed by atoms with Crippen molar-refractivity contribution in [2.45, 2.75) is 25.3 Å². The number of anilines is 1. The van der Waals surface area contributed by atoms with E-state index >= 15 is 0 Å². The van der Waals surface area contributed by atoms with E-state index in [4.69, 9.17) is 5.73 Å². The highest BCUT2D eigenvalue weighted by Gasteiger charge is 2.29. The minimum absolute atomic E-state index is 0.151. The molecule has 0 fully saturated rings. The van der Waals surface area contributed by atoms with Gasteiger partial charge in [-0.15, -0.1) is 0 Å². The zero-order valence-corrected chi connectivity index (χ0v) is 13.5. The molecule has 0 aliphatic rings. The highest BCUT2D eigenvalue weighted by atomic mass is 16.2. The summed E-state index contributed by atoms with van der Waals surface area (Å²) in [5.74, 6) is 0.719. The number of hydrogen-bond donors (Lipinski definition) is 3. The molecule has 0 saturated carbocycles. The van der Waals surface area contributed by atoms with E-state index in [0.29, 0.717) is 6.54 Å². The molecule has 2 rings (SSSR count). The van der Waals surface area contributed by atoms with Crippen molar-refractivity contribution in [1.29, 1.82) is 0 Å². The minimum atomic E-state index is -1.01. The fraction of sp³-hybridized carbons (Fsp3) is 0.333. The molecule has 5 nitrogen and oxygen atoms in total. The number of pyridine rings is 1. The molecule has 1 heterocycles. The number of rotatable bonds is 8. The van der Waals surface area contributed by atoms with E-state index in [0.717, 1.165) is 30.8 Å². The molecule has 1 aromatic heterocycles. The third-order valence-electron chi connectivity index (χ3n) is 3.71. The number of nitrogens with zero attached hydrogens (tertiary/aromatic N) is 1. The summed E-state index contributed by atoms with van der Waals surface area (Å²) in [4.78, 5) is 16.5. The van der Waals surface area contributed by atoms with Gasteiger partial charge in [-0.25, -0.2) is 4.98 Å². The van der Waals surface area contributed by atoms with Crippen LogP contribution < -0.4 is 16.4 Å². The van der Waals surface area contributed by atoms with E-state index < -0.39 is 5.54 Å². The monoisotopic (exact) mass is 312 g/mol. The van der Waals surface area contributed by atoms with Crippen LogP contribution in [0.2, 0.25) is 0 Å². The van der Waals surface area contributed by atoms with Gasteiger partial charge in [0.25, 0.3) is 0 Å². The quantitative estimate of drug-likeness (QED) is 0.653. The van der Waals surface area contributed by atoms with Crippen LogP contribution in [0.25, 0.3) is 0 Å². The Morgan fingerprint density at radius 2 is 1.78 bits per heavy atom. The molecule has 0 bridgehead atoms. The Kier molecular flexibility index (Phi) is 6.11. The minimum Gasteiger partial charge on any atom is -0.370 e. The van der Waals surface area contributed by atoms with E-state index in [-0.39, 0.29) is 5.91 Å². The van der Waals surface area contributed by atoms with Crippen LogP contribution in [0.15, 0.2) is 54.7 Å². The van der Waals surface area contributed by atoms with Crippen LogP contribution in [0.3, 0.4) is 0 Å². The maximum atomic E-state index is 12.3. The zero-order chi connectivity index (χ0) is 16.5. The van der Waals surface area contributed by atoms with E-state index in [2.05, 4.69) is 15.6 Å². The molecule has 0 saturated heterocycles. The molecule has 1 amide bonds. The smallest absolute Gasteiger partial charge is 0.244 e. The standard InChI is InChI=1S/C18H24N4O/c1-18(19,15-9-3-2-4-10-15)17(23)22-14-8-7-13-21-16-11-5-6-12-20-16/h2-6,9-12H,7-8,13-14,19H2,1H3,(H,20,21)(H,22,23). The van der Waals surface area contributed by atoms with Gasteiger partial charge in [-0.3, -0.25) is 4.79 Å². The van der Waals surface area contributed by atoms with Gasteiger partial charge in [0, 0.05) is 19.3 Å². The summed E-state index contributed by atoms with van der Waals surface area (Å²) < 4.78 is 0. The van der Waals surface area contributed by atoms with Crippen molar-refractivity contribution in [2.75, 3.05) is 18.4 Å². The number of carbonyl (C=O) groups excluding carboxylic acids is 1. The van der Waals surface area contributed by atoms with Gasteiger partial charge < -0.3 is 16.4 Å². The highest BCUT2D eigenvalue weighted by molar-refractivity contribution is 5.86. The first-order valence-corrected chi connectivity index (χ1v) is 7.88. The SMILES string of the molecule is CC(N)(C(=O)NCCCCNc1ccccn1)c1ccccc1. The lowest BCUT2D eigenvalue weighted by Gasteiger charge is -2.24. The number of amides is 1. The summed E-state index contributed by atoms with van der Waals surface area (Å²) in [7, 11) is 0. The lowest BCUT2D eigenvalue weighted by molar-refractivity contribution is -0.126. The number of hydrogen-bond acceptors (Lipinski definition) is 4. The average Bonchev–Trinajstić information content (AvgIpc) is 2.59. The Hall–Kier alpha value is -2.40. The fourth-order valence-electron chi connectivity index (χ4n) is 2.23. The maximum Gasteiger partial charge on any atom is 0.244 e. The summed E-state index contributed by atoms with van der Waals surface area (Å²) in [5.41, 5.74) is 5.97. The van der Waals surface area contributed by atoms with E-state index in [9.17, 15) is 4.79 Å². The second kappa shape index (κ2) is 8.29. The first-order valence-electron chi connectivity index (χ1n) is 7.88. The van der Waals surface area contributed by atoms with E-state index in [1.165, 1.54) is 0 Å². The Labute approximate surface area is 137 Å². The van der Waals surface area contributed by atoms with Gasteiger partial charge in [-0.1, -0.05) is 36.4 Å². The summed E-state index contributed by atoms with van der Waals surface area (Å²) in [6.45, 7) is 3.17. The van der Waals surface area contributed by atoms with Gasteiger partial charge in [0.05, 0.1) is 0 Å². The lowest BCUT2D eigenvalue weighted by Crippen LogP contribution is -2.49. The number of nitrogens with two attached hydrogens (primary N) is 1. The van der Waals surface area contributed by atoms with Crippen LogP contribution in [0, 0.1) is 0 Å². The van der Waals surface area contributed by atoms with Crippen LogP contribution in [0.5, 0.6) is 0 Å². The molecule has 0 aliphatic carbocycles. The van der Waals surface area contributed by atoms with Gasteiger partial charge in [0.15, 0.2) is 0 Å². The molecule has 0 spiro atoms. The molecule has 1 atom stereocenters. The predicted octanol–water partition coefficient (Wildman–Crippen LogP) is 2.26. The third kappa shape index (κ3) is 5.07. The van der Waals surface area contributed by atoms with Gasteiger partial charge in [-0.05, 0) is 37.5 Å². The number of nitrogens with one attached hydrogen (secondary N) is 2. The van der Waals surface area contributed by atoms with E-state index in [1.807, 2.05) is 48.5 Å². The van der Waals surface area contributed by atoms with Crippen molar-refractivity contribution >= 4 is 11.7 Å². The van der Waals surface area contributed by atoms with Crippen LogP contribution in [0.1, 0.15) is 25.3 Å². The van der Waals surface area contributed by atoms with Crippen LogP contribution in [0.4, 0.5) is 5.82 Å². The molecule has 0 radical (unpaired) electrons.